The third-order valence-electron chi connectivity index (χ3n) is 6.28. The number of benzene rings is 2. The van der Waals surface area contributed by atoms with Crippen LogP contribution in [0.2, 0.25) is 0 Å². The Bertz CT molecular complexity index is 1170. The molecule has 10 heteroatoms. The molecular weight excluding hydrogens is 453 g/mol. The molecule has 2 amide bonds. The highest BCUT2D eigenvalue weighted by Gasteiger charge is 2.42. The number of alkyl halides is 3. The SMILES string of the molecule is CN(C)[C@H](c1ccc(S(N)(=O)=NC(=O)Nc2c3c(cc4c2CCC4)CCC3)cc1)C(F)(F)F. The number of urea groups is 1. The lowest BCUT2D eigenvalue weighted by Crippen LogP contribution is -2.33. The van der Waals surface area contributed by atoms with E-state index in [1.807, 2.05) is 0 Å². The summed E-state index contributed by atoms with van der Waals surface area (Å²) in [6, 6.07) is 4.48. The van der Waals surface area contributed by atoms with Gasteiger partial charge in [-0.25, -0.2) is 14.1 Å². The van der Waals surface area contributed by atoms with Crippen LogP contribution in [0.5, 0.6) is 0 Å². The van der Waals surface area contributed by atoms with E-state index in [1.54, 1.807) is 0 Å². The molecule has 2 atom stereocenters. The standard InChI is InChI=1S/C23H27F3N4O2S/c1-30(2)21(23(24,25)26)14-9-11-17(12-10-14)33(27,32)29-22(31)28-20-18-7-3-5-15(18)13-16-6-4-8-19(16)20/h9-13,21H,3-8H2,1-2H3,(H3,27,28,29,31,32)/t21-,33?/m1/s1. The molecule has 0 aromatic heterocycles. The van der Waals surface area contributed by atoms with E-state index in [-0.39, 0.29) is 10.5 Å². The van der Waals surface area contributed by atoms with Gasteiger partial charge in [-0.2, -0.15) is 13.2 Å². The number of rotatable bonds is 4. The number of carbonyl (C=O) groups is 1. The number of halogens is 3. The summed E-state index contributed by atoms with van der Waals surface area (Å²) in [6.45, 7) is 0. The topological polar surface area (TPSA) is 87.8 Å². The lowest BCUT2D eigenvalue weighted by atomic mass is 9.99. The number of nitrogens with one attached hydrogen (secondary N) is 1. The van der Waals surface area contributed by atoms with Crippen molar-refractivity contribution in [3.8, 4) is 0 Å². The molecule has 2 aromatic rings. The van der Waals surface area contributed by atoms with E-state index in [0.717, 1.165) is 60.2 Å². The fraction of sp³-hybridized carbons (Fsp3) is 0.435. The second-order valence-corrected chi connectivity index (χ2v) is 10.6. The zero-order valence-electron chi connectivity index (χ0n) is 18.5. The highest BCUT2D eigenvalue weighted by Crippen LogP contribution is 2.39. The number of fused-ring (bicyclic) bond motifs is 2. The quantitative estimate of drug-likeness (QED) is 0.661. The van der Waals surface area contributed by atoms with E-state index in [4.69, 9.17) is 5.14 Å². The average Bonchev–Trinajstić information content (AvgIpc) is 3.35. The maximum absolute atomic E-state index is 13.4. The van der Waals surface area contributed by atoms with Crippen LogP contribution in [0.3, 0.4) is 0 Å². The van der Waals surface area contributed by atoms with E-state index < -0.39 is 28.2 Å². The Morgan fingerprint density at radius 1 is 1.06 bits per heavy atom. The first-order valence-electron chi connectivity index (χ1n) is 10.8. The summed E-state index contributed by atoms with van der Waals surface area (Å²) in [6.07, 6.45) is 1.22. The molecule has 3 N–H and O–H groups in total. The molecule has 0 aliphatic heterocycles. The number of hydrogen-bond donors (Lipinski definition) is 2. The molecule has 0 radical (unpaired) electrons. The third kappa shape index (κ3) is 4.78. The summed E-state index contributed by atoms with van der Waals surface area (Å²) in [4.78, 5) is 13.7. The summed E-state index contributed by atoms with van der Waals surface area (Å²) in [5.74, 6) is 0. The highest BCUT2D eigenvalue weighted by atomic mass is 32.2. The van der Waals surface area contributed by atoms with Crippen molar-refractivity contribution in [2.24, 2.45) is 9.50 Å². The minimum Gasteiger partial charge on any atom is -0.305 e. The molecular formula is C23H27F3N4O2S. The third-order valence-corrected chi connectivity index (χ3v) is 7.67. The monoisotopic (exact) mass is 480 g/mol. The number of amides is 2. The Morgan fingerprint density at radius 3 is 2.09 bits per heavy atom. The number of aryl methyl sites for hydroxylation is 2. The van der Waals surface area contributed by atoms with E-state index in [2.05, 4.69) is 15.7 Å². The van der Waals surface area contributed by atoms with Crippen molar-refractivity contribution >= 4 is 21.6 Å². The van der Waals surface area contributed by atoms with Gasteiger partial charge in [0.1, 0.15) is 16.0 Å². The summed E-state index contributed by atoms with van der Waals surface area (Å²) >= 11 is 0. The maximum atomic E-state index is 13.4. The predicted molar refractivity (Wildman–Crippen MR) is 121 cm³/mol. The first-order chi connectivity index (χ1) is 15.5. The smallest absolute Gasteiger partial charge is 0.305 e. The van der Waals surface area contributed by atoms with Crippen molar-refractivity contribution < 1.29 is 22.2 Å². The first-order valence-corrected chi connectivity index (χ1v) is 12.4. The summed E-state index contributed by atoms with van der Waals surface area (Å²) in [7, 11) is -0.981. The van der Waals surface area contributed by atoms with Crippen LogP contribution < -0.4 is 10.5 Å². The normalized spacial score (nSPS) is 17.9. The first kappa shape index (κ1) is 23.7. The highest BCUT2D eigenvalue weighted by molar-refractivity contribution is 7.91. The Balaban J connectivity index is 1.60. The Labute approximate surface area is 191 Å². The van der Waals surface area contributed by atoms with Crippen LogP contribution in [-0.4, -0.2) is 35.4 Å². The van der Waals surface area contributed by atoms with Gasteiger partial charge in [0.2, 0.25) is 0 Å². The molecule has 0 saturated heterocycles. The molecule has 6 nitrogen and oxygen atoms in total. The molecule has 2 aliphatic rings. The summed E-state index contributed by atoms with van der Waals surface area (Å²) in [5.41, 5.74) is 5.41. The minimum absolute atomic E-state index is 0.00963. The zero-order chi connectivity index (χ0) is 24.0. The molecule has 0 saturated carbocycles. The average molecular weight is 481 g/mol. The largest absolute Gasteiger partial charge is 0.408 e. The number of hydrogen-bond acceptors (Lipinski definition) is 3. The van der Waals surface area contributed by atoms with Crippen molar-refractivity contribution in [3.63, 3.8) is 0 Å². The van der Waals surface area contributed by atoms with E-state index in [0.29, 0.717) is 0 Å². The number of anilines is 1. The van der Waals surface area contributed by atoms with Crippen molar-refractivity contribution in [1.82, 2.24) is 4.90 Å². The molecule has 0 heterocycles. The van der Waals surface area contributed by atoms with Crippen molar-refractivity contribution in [1.29, 1.82) is 0 Å². The Kier molecular flexibility index (Phi) is 6.28. The number of nitrogens with two attached hydrogens (primary N) is 1. The van der Waals surface area contributed by atoms with Crippen LogP contribution in [-0.2, 0) is 35.6 Å². The van der Waals surface area contributed by atoms with Crippen molar-refractivity contribution in [2.75, 3.05) is 19.4 Å². The van der Waals surface area contributed by atoms with E-state index >= 15 is 0 Å². The van der Waals surface area contributed by atoms with Gasteiger partial charge >= 0.3 is 12.2 Å². The molecule has 0 spiro atoms. The van der Waals surface area contributed by atoms with Crippen LogP contribution in [0, 0.1) is 0 Å². The molecule has 2 aromatic carbocycles. The van der Waals surface area contributed by atoms with Gasteiger partial charge in [0.25, 0.3) is 0 Å². The molecule has 33 heavy (non-hydrogen) atoms. The summed E-state index contributed by atoms with van der Waals surface area (Å²) < 4.78 is 56.8. The van der Waals surface area contributed by atoms with Crippen LogP contribution in [0.15, 0.2) is 39.6 Å². The number of nitrogens with zero attached hydrogens (tertiary/aromatic N) is 2. The number of carbonyl (C=O) groups excluding carboxylic acids is 1. The van der Waals surface area contributed by atoms with Crippen molar-refractivity contribution in [3.05, 3.63) is 58.1 Å². The van der Waals surface area contributed by atoms with E-state index in [9.17, 15) is 22.2 Å². The van der Waals surface area contributed by atoms with Gasteiger partial charge in [0, 0.05) is 5.69 Å². The molecule has 0 bridgehead atoms. The van der Waals surface area contributed by atoms with E-state index in [1.165, 1.54) is 49.5 Å². The second-order valence-electron chi connectivity index (χ2n) is 8.80. The van der Waals surface area contributed by atoms with Gasteiger partial charge < -0.3 is 5.32 Å². The van der Waals surface area contributed by atoms with Crippen molar-refractivity contribution in [2.45, 2.75) is 55.6 Å². The molecule has 4 rings (SSSR count). The zero-order valence-corrected chi connectivity index (χ0v) is 19.4. The Hall–Kier alpha value is -2.43. The van der Waals surface area contributed by atoms with Gasteiger partial charge in [-0.05, 0) is 92.6 Å². The fourth-order valence-corrected chi connectivity index (χ4v) is 5.82. The van der Waals surface area contributed by atoms with Gasteiger partial charge in [0.05, 0.1) is 4.90 Å². The van der Waals surface area contributed by atoms with Crippen LogP contribution in [0.25, 0.3) is 0 Å². The minimum atomic E-state index is -4.48. The van der Waals surface area contributed by atoms with Gasteiger partial charge in [-0.15, -0.1) is 4.36 Å². The second kappa shape index (κ2) is 8.73. The molecule has 2 aliphatic carbocycles. The Morgan fingerprint density at radius 2 is 1.61 bits per heavy atom. The van der Waals surface area contributed by atoms with Gasteiger partial charge in [-0.3, -0.25) is 4.90 Å². The molecule has 0 fully saturated rings. The summed E-state index contributed by atoms with van der Waals surface area (Å²) in [5, 5.41) is 8.67. The lowest BCUT2D eigenvalue weighted by Gasteiger charge is -2.27. The molecule has 1 unspecified atom stereocenters. The fourth-order valence-electron chi connectivity index (χ4n) is 4.90. The lowest BCUT2D eigenvalue weighted by molar-refractivity contribution is -0.179. The van der Waals surface area contributed by atoms with Crippen LogP contribution in [0.4, 0.5) is 23.7 Å². The van der Waals surface area contributed by atoms with Crippen LogP contribution in [0.1, 0.15) is 46.7 Å². The maximum Gasteiger partial charge on any atom is 0.408 e. The van der Waals surface area contributed by atoms with Gasteiger partial charge in [0.15, 0.2) is 0 Å². The predicted octanol–water partition coefficient (Wildman–Crippen LogP) is 4.76. The molecule has 178 valence electrons. The van der Waals surface area contributed by atoms with Gasteiger partial charge in [-0.1, -0.05) is 18.2 Å². The van der Waals surface area contributed by atoms with Crippen LogP contribution >= 0.6 is 0 Å².